The molecule has 4 fully saturated rings. The van der Waals surface area contributed by atoms with Gasteiger partial charge < -0.3 is 26.6 Å². The van der Waals surface area contributed by atoms with E-state index in [2.05, 4.69) is 10.6 Å². The second-order valence-corrected chi connectivity index (χ2v) is 12.2. The van der Waals surface area contributed by atoms with Crippen molar-refractivity contribution in [1.29, 1.82) is 0 Å². The van der Waals surface area contributed by atoms with Crippen molar-refractivity contribution >= 4 is 29.5 Å². The summed E-state index contributed by atoms with van der Waals surface area (Å²) in [6, 6.07) is -2.21. The highest BCUT2D eigenvalue weighted by Crippen LogP contribution is 2.65. The van der Waals surface area contributed by atoms with E-state index in [1.165, 1.54) is 4.90 Å². The Morgan fingerprint density at radius 2 is 1.78 bits per heavy atom. The molecule has 0 aromatic heterocycles. The van der Waals surface area contributed by atoms with Gasteiger partial charge in [0.1, 0.15) is 17.6 Å². The summed E-state index contributed by atoms with van der Waals surface area (Å²) in [6.45, 7) is 7.71. The quantitative estimate of drug-likeness (QED) is 0.375. The first-order valence-corrected chi connectivity index (χ1v) is 12.5. The fourth-order valence-corrected chi connectivity index (χ4v) is 6.45. The number of fused-ring (bicyclic) bond motifs is 1. The van der Waals surface area contributed by atoms with Crippen LogP contribution < -0.4 is 21.7 Å². The largest absolute Gasteiger partial charge is 0.471 e. The van der Waals surface area contributed by atoms with Crippen molar-refractivity contribution in [3.8, 4) is 0 Å². The van der Waals surface area contributed by atoms with Gasteiger partial charge in [-0.2, -0.15) is 13.2 Å². The van der Waals surface area contributed by atoms with Gasteiger partial charge in [0.25, 0.3) is 0 Å². The number of nitrogens with zero attached hydrogens (tertiary/aromatic N) is 1. The molecule has 5 atom stereocenters. The molecule has 4 aliphatic rings. The highest BCUT2D eigenvalue weighted by atomic mass is 19.4. The van der Waals surface area contributed by atoms with E-state index >= 15 is 0 Å². The van der Waals surface area contributed by atoms with Crippen LogP contribution in [0.5, 0.6) is 0 Å². The molecule has 5 N–H and O–H groups in total. The summed E-state index contributed by atoms with van der Waals surface area (Å²) >= 11 is 0. The predicted molar refractivity (Wildman–Crippen MR) is 123 cm³/mol. The smallest absolute Gasteiger partial charge is 0.368 e. The highest BCUT2D eigenvalue weighted by molar-refractivity contribution is 5.98. The molecule has 4 rings (SSSR count). The molecule has 0 aromatic carbocycles. The van der Waals surface area contributed by atoms with Gasteiger partial charge in [-0.3, -0.25) is 24.0 Å². The van der Waals surface area contributed by atoms with Gasteiger partial charge in [0, 0.05) is 18.0 Å². The zero-order valence-corrected chi connectivity index (χ0v) is 21.3. The summed E-state index contributed by atoms with van der Waals surface area (Å²) in [7, 11) is 0. The number of primary amides is 1. The van der Waals surface area contributed by atoms with Crippen LogP contribution in [0.15, 0.2) is 0 Å². The van der Waals surface area contributed by atoms with Crippen molar-refractivity contribution in [3.05, 3.63) is 0 Å². The van der Waals surface area contributed by atoms with E-state index in [1.54, 1.807) is 0 Å². The topological polar surface area (TPSA) is 151 Å². The maximum Gasteiger partial charge on any atom is 0.471 e. The molecule has 0 bridgehead atoms. The van der Waals surface area contributed by atoms with Gasteiger partial charge in [-0.25, -0.2) is 0 Å². The lowest BCUT2D eigenvalue weighted by molar-refractivity contribution is -0.179. The van der Waals surface area contributed by atoms with E-state index in [0.29, 0.717) is 12.8 Å². The van der Waals surface area contributed by atoms with Crippen molar-refractivity contribution in [2.45, 2.75) is 89.1 Å². The Kier molecular flexibility index (Phi) is 6.31. The van der Waals surface area contributed by atoms with Crippen LogP contribution in [0.25, 0.3) is 0 Å². The van der Waals surface area contributed by atoms with E-state index in [9.17, 15) is 37.1 Å². The maximum absolute atomic E-state index is 13.5. The Balaban J connectivity index is 1.52. The van der Waals surface area contributed by atoms with Gasteiger partial charge in [-0.05, 0) is 63.2 Å². The Bertz CT molecular complexity index is 1040. The van der Waals surface area contributed by atoms with Gasteiger partial charge in [0.05, 0.1) is 0 Å². The number of amides is 5. The number of piperidine rings is 1. The van der Waals surface area contributed by atoms with E-state index in [4.69, 9.17) is 5.73 Å². The lowest BCUT2D eigenvalue weighted by Crippen LogP contribution is -2.67. The molecule has 206 valence electrons. The zero-order chi connectivity index (χ0) is 27.7. The molecule has 5 amide bonds. The second kappa shape index (κ2) is 8.59. The molecule has 0 aromatic rings. The number of rotatable bonds is 7. The number of carbonyl (C=O) groups excluding carboxylic acids is 5. The lowest BCUT2D eigenvalue weighted by atomic mass is 9.75. The number of halogens is 3. The van der Waals surface area contributed by atoms with Crippen LogP contribution in [0.1, 0.15) is 59.8 Å². The summed E-state index contributed by atoms with van der Waals surface area (Å²) in [4.78, 5) is 64.5. The van der Waals surface area contributed by atoms with Crippen LogP contribution in [-0.4, -0.2) is 70.3 Å². The van der Waals surface area contributed by atoms with Crippen molar-refractivity contribution < 1.29 is 37.1 Å². The summed E-state index contributed by atoms with van der Waals surface area (Å²) in [6.07, 6.45) is -4.19. The number of nitrogens with one attached hydrogen (secondary N) is 3. The molecule has 0 radical (unpaired) electrons. The minimum atomic E-state index is -5.15. The van der Waals surface area contributed by atoms with E-state index < -0.39 is 58.9 Å². The molecule has 0 spiro atoms. The molecular weight excluding hydrogens is 495 g/mol. The van der Waals surface area contributed by atoms with Crippen LogP contribution in [-0.2, 0) is 24.0 Å². The molecule has 2 heterocycles. The second-order valence-electron chi connectivity index (χ2n) is 12.2. The standard InChI is InChI=1S/C24H34F3N5O5/c1-21(2)9-11(17(34)30-21)8-13(16(28)33)29-18(35)15-14-12(22(14,3)4)10-32(15)20(37)23(6-5-7-23)31-19(36)24(25,26)27/h11-15H,5-10H2,1-4H3,(H2,28,33)(H,29,35)(H,30,34)(H,31,36)/t11-,12+,13+,14+,15+/m1/s1. The average Bonchev–Trinajstić information content (AvgIpc) is 3.03. The fourth-order valence-electron chi connectivity index (χ4n) is 6.45. The molecule has 2 aliphatic heterocycles. The molecule has 37 heavy (non-hydrogen) atoms. The van der Waals surface area contributed by atoms with Crippen molar-refractivity contribution in [2.75, 3.05) is 6.54 Å². The van der Waals surface area contributed by atoms with Gasteiger partial charge in [0.2, 0.25) is 23.6 Å². The van der Waals surface area contributed by atoms with Crippen LogP contribution in [0.3, 0.4) is 0 Å². The molecular formula is C24H34F3N5O5. The maximum atomic E-state index is 13.5. The number of nitrogens with two attached hydrogens (primary N) is 1. The monoisotopic (exact) mass is 529 g/mol. The van der Waals surface area contributed by atoms with E-state index in [0.717, 1.165) is 0 Å². The first-order chi connectivity index (χ1) is 16.9. The summed E-state index contributed by atoms with van der Waals surface area (Å²) in [5.74, 6) is -5.53. The highest BCUT2D eigenvalue weighted by Gasteiger charge is 2.70. The number of alkyl halides is 3. The zero-order valence-electron chi connectivity index (χ0n) is 21.3. The third-order valence-corrected chi connectivity index (χ3v) is 8.73. The predicted octanol–water partition coefficient (Wildman–Crippen LogP) is 0.346. The van der Waals surface area contributed by atoms with Crippen LogP contribution >= 0.6 is 0 Å². The van der Waals surface area contributed by atoms with Crippen molar-refractivity contribution in [2.24, 2.45) is 28.9 Å². The Labute approximate surface area is 212 Å². The first-order valence-electron chi connectivity index (χ1n) is 12.5. The normalized spacial score (nSPS) is 31.4. The van der Waals surface area contributed by atoms with Crippen molar-refractivity contribution in [3.63, 3.8) is 0 Å². The Hall–Kier alpha value is -2.86. The van der Waals surface area contributed by atoms with E-state index in [1.807, 2.05) is 33.0 Å². The van der Waals surface area contributed by atoms with Gasteiger partial charge in [-0.15, -0.1) is 0 Å². The summed E-state index contributed by atoms with van der Waals surface area (Å²) < 4.78 is 38.8. The molecule has 13 heteroatoms. The number of likely N-dealkylation sites (tertiary alicyclic amines) is 1. The van der Waals surface area contributed by atoms with Gasteiger partial charge >= 0.3 is 12.1 Å². The fraction of sp³-hybridized carbons (Fsp3) is 0.792. The Morgan fingerprint density at radius 1 is 1.16 bits per heavy atom. The first kappa shape index (κ1) is 27.2. The Morgan fingerprint density at radius 3 is 2.24 bits per heavy atom. The van der Waals surface area contributed by atoms with Gasteiger partial charge in [-0.1, -0.05) is 13.8 Å². The number of carbonyl (C=O) groups is 5. The van der Waals surface area contributed by atoms with Crippen LogP contribution in [0.4, 0.5) is 13.2 Å². The summed E-state index contributed by atoms with van der Waals surface area (Å²) in [5.41, 5.74) is 3.06. The summed E-state index contributed by atoms with van der Waals surface area (Å²) in [5, 5.41) is 7.31. The minimum Gasteiger partial charge on any atom is -0.368 e. The van der Waals surface area contributed by atoms with Crippen LogP contribution in [0.2, 0.25) is 0 Å². The molecule has 2 aliphatic carbocycles. The molecule has 0 unspecified atom stereocenters. The average molecular weight is 530 g/mol. The number of hydrogen-bond donors (Lipinski definition) is 4. The third-order valence-electron chi connectivity index (χ3n) is 8.73. The van der Waals surface area contributed by atoms with E-state index in [-0.39, 0.29) is 49.0 Å². The molecule has 2 saturated heterocycles. The minimum absolute atomic E-state index is 0.0138. The molecule has 2 saturated carbocycles. The lowest BCUT2D eigenvalue weighted by Gasteiger charge is -2.45. The SMILES string of the molecule is CC1(C)C[C@@H](C[C@H](NC(=O)[C@@H]2[C@@H]3[C@H](CN2C(=O)C2(NC(=O)C(F)(F)F)CCC2)C3(C)C)C(N)=O)C(=O)N1. The van der Waals surface area contributed by atoms with Gasteiger partial charge in [0.15, 0.2) is 0 Å². The van der Waals surface area contributed by atoms with Crippen LogP contribution in [0, 0.1) is 23.2 Å². The molecule has 10 nitrogen and oxygen atoms in total. The third kappa shape index (κ3) is 4.76. The number of hydrogen-bond acceptors (Lipinski definition) is 5. The van der Waals surface area contributed by atoms with Crippen molar-refractivity contribution in [1.82, 2.24) is 20.9 Å².